The summed E-state index contributed by atoms with van der Waals surface area (Å²) in [6.07, 6.45) is 0.876. The first-order valence-corrected chi connectivity index (χ1v) is 7.12. The molecule has 0 amide bonds. The lowest BCUT2D eigenvalue weighted by atomic mass is 10.0. The highest BCUT2D eigenvalue weighted by Gasteiger charge is 2.15. The minimum Gasteiger partial charge on any atom is -0.398 e. The minimum atomic E-state index is 0.300. The molecule has 0 aliphatic rings. The van der Waals surface area contributed by atoms with Gasteiger partial charge in [-0.3, -0.25) is 0 Å². The van der Waals surface area contributed by atoms with Crippen molar-refractivity contribution < 1.29 is 0 Å². The molecule has 0 fully saturated rings. The van der Waals surface area contributed by atoms with E-state index < -0.39 is 0 Å². The molecule has 0 radical (unpaired) electrons. The van der Waals surface area contributed by atoms with E-state index in [0.717, 1.165) is 17.7 Å². The van der Waals surface area contributed by atoms with Gasteiger partial charge in [-0.1, -0.05) is 17.7 Å². The molecule has 0 saturated carbocycles. The molecule has 2 nitrogen and oxygen atoms in total. The first-order valence-electron chi connectivity index (χ1n) is 5.87. The maximum atomic E-state index is 6.01. The van der Waals surface area contributed by atoms with Gasteiger partial charge in [-0.05, 0) is 55.1 Å². The number of hydrogen-bond acceptors (Lipinski definition) is 3. The lowest BCUT2D eigenvalue weighted by Gasteiger charge is -2.17. The van der Waals surface area contributed by atoms with Crippen molar-refractivity contribution >= 4 is 28.6 Å². The first kappa shape index (κ1) is 13.4. The van der Waals surface area contributed by atoms with Crippen LogP contribution in [0.5, 0.6) is 0 Å². The second kappa shape index (κ2) is 5.74. The summed E-state index contributed by atoms with van der Waals surface area (Å²) in [5.74, 6) is 0. The molecular weight excluding hydrogens is 264 g/mol. The monoisotopic (exact) mass is 280 g/mol. The van der Waals surface area contributed by atoms with Crippen molar-refractivity contribution in [1.82, 2.24) is 5.32 Å². The predicted octanol–water partition coefficient (Wildman–Crippen LogP) is 3.80. The van der Waals surface area contributed by atoms with Gasteiger partial charge < -0.3 is 11.1 Å². The van der Waals surface area contributed by atoms with Crippen LogP contribution in [0.25, 0.3) is 0 Å². The molecule has 0 bridgehead atoms. The van der Waals surface area contributed by atoms with Crippen molar-refractivity contribution in [2.75, 3.05) is 12.8 Å². The van der Waals surface area contributed by atoms with E-state index in [4.69, 9.17) is 17.3 Å². The Bertz CT molecular complexity index is 536. The summed E-state index contributed by atoms with van der Waals surface area (Å²) in [7, 11) is 1.98. The fourth-order valence-corrected chi connectivity index (χ4v) is 3.26. The van der Waals surface area contributed by atoms with Gasteiger partial charge in [0.25, 0.3) is 0 Å². The Balaban J connectivity index is 2.23. The van der Waals surface area contributed by atoms with Gasteiger partial charge in [0.1, 0.15) is 0 Å². The molecule has 2 aromatic rings. The molecule has 1 atom stereocenters. The fraction of sp³-hybridized carbons (Fsp3) is 0.286. The molecule has 0 aliphatic heterocycles. The number of aryl methyl sites for hydroxylation is 1. The molecule has 18 heavy (non-hydrogen) atoms. The smallest absolute Gasteiger partial charge is 0.0456 e. The van der Waals surface area contributed by atoms with E-state index in [1.54, 1.807) is 11.3 Å². The molecule has 0 unspecified atom stereocenters. The van der Waals surface area contributed by atoms with Crippen LogP contribution in [0.2, 0.25) is 5.02 Å². The van der Waals surface area contributed by atoms with Gasteiger partial charge in [-0.15, -0.1) is 11.3 Å². The van der Waals surface area contributed by atoms with E-state index in [2.05, 4.69) is 23.7 Å². The molecule has 2 rings (SSSR count). The van der Waals surface area contributed by atoms with Gasteiger partial charge in [0.2, 0.25) is 0 Å². The number of likely N-dealkylation sites (N-methyl/N-ethyl adjacent to an activating group) is 1. The summed E-state index contributed by atoms with van der Waals surface area (Å²) >= 11 is 7.70. The highest BCUT2D eigenvalue weighted by Crippen LogP contribution is 2.29. The highest BCUT2D eigenvalue weighted by atomic mass is 35.5. The number of hydrogen-bond donors (Lipinski definition) is 2. The average Bonchev–Trinajstić information content (AvgIpc) is 2.75. The SMILES string of the molecule is CN[C@H](Cc1ccc(Cl)cc1N)c1sccc1C. The highest BCUT2D eigenvalue weighted by molar-refractivity contribution is 7.10. The van der Waals surface area contributed by atoms with Crippen molar-refractivity contribution in [3.63, 3.8) is 0 Å². The first-order chi connectivity index (χ1) is 8.61. The molecule has 1 heterocycles. The molecule has 3 N–H and O–H groups in total. The van der Waals surface area contributed by atoms with Crippen LogP contribution in [-0.4, -0.2) is 7.05 Å². The number of thiophene rings is 1. The standard InChI is InChI=1S/C14H17ClN2S/c1-9-5-6-18-14(9)13(17-2)7-10-3-4-11(15)8-12(10)16/h3-6,8,13,17H,7,16H2,1-2H3/t13-/m1/s1. The van der Waals surface area contributed by atoms with Crippen LogP contribution in [0.15, 0.2) is 29.6 Å². The van der Waals surface area contributed by atoms with Crippen LogP contribution in [0.4, 0.5) is 5.69 Å². The number of nitrogens with one attached hydrogen (secondary N) is 1. The van der Waals surface area contributed by atoms with Gasteiger partial charge in [-0.25, -0.2) is 0 Å². The zero-order valence-electron chi connectivity index (χ0n) is 10.5. The lowest BCUT2D eigenvalue weighted by Crippen LogP contribution is -2.19. The Morgan fingerprint density at radius 1 is 1.39 bits per heavy atom. The number of nitrogens with two attached hydrogens (primary N) is 1. The third-order valence-electron chi connectivity index (χ3n) is 3.10. The summed E-state index contributed by atoms with van der Waals surface area (Å²) in [5, 5.41) is 6.17. The van der Waals surface area contributed by atoms with Crippen molar-refractivity contribution in [1.29, 1.82) is 0 Å². The van der Waals surface area contributed by atoms with Gasteiger partial charge in [0, 0.05) is 21.6 Å². The van der Waals surface area contributed by atoms with Crippen molar-refractivity contribution in [3.8, 4) is 0 Å². The van der Waals surface area contributed by atoms with Gasteiger partial charge in [0.15, 0.2) is 0 Å². The number of anilines is 1. The normalized spacial score (nSPS) is 12.6. The average molecular weight is 281 g/mol. The van der Waals surface area contributed by atoms with Crippen molar-refractivity contribution in [3.05, 3.63) is 50.7 Å². The quantitative estimate of drug-likeness (QED) is 0.836. The molecule has 4 heteroatoms. The molecule has 1 aromatic heterocycles. The third-order valence-corrected chi connectivity index (χ3v) is 4.47. The minimum absolute atomic E-state index is 0.300. The van der Waals surface area contributed by atoms with Crippen LogP contribution in [0.1, 0.15) is 22.0 Å². The topological polar surface area (TPSA) is 38.0 Å². The van der Waals surface area contributed by atoms with Gasteiger partial charge in [-0.2, -0.15) is 0 Å². The molecule has 1 aromatic carbocycles. The summed E-state index contributed by atoms with van der Waals surface area (Å²) in [6.45, 7) is 2.14. The Labute approximate surface area is 117 Å². The molecular formula is C14H17ClN2S. The van der Waals surface area contributed by atoms with E-state index in [0.29, 0.717) is 11.1 Å². The fourth-order valence-electron chi connectivity index (χ4n) is 2.04. The van der Waals surface area contributed by atoms with Crippen LogP contribution >= 0.6 is 22.9 Å². The summed E-state index contributed by atoms with van der Waals surface area (Å²) < 4.78 is 0. The zero-order valence-corrected chi connectivity index (χ0v) is 12.1. The summed E-state index contributed by atoms with van der Waals surface area (Å²) in [5.41, 5.74) is 9.22. The summed E-state index contributed by atoms with van der Waals surface area (Å²) in [4.78, 5) is 1.37. The molecule has 0 saturated heterocycles. The van der Waals surface area contributed by atoms with Crippen molar-refractivity contribution in [2.24, 2.45) is 0 Å². The Morgan fingerprint density at radius 2 is 2.17 bits per heavy atom. The van der Waals surface area contributed by atoms with Gasteiger partial charge in [0.05, 0.1) is 0 Å². The van der Waals surface area contributed by atoms with E-state index in [1.807, 2.05) is 25.2 Å². The van der Waals surface area contributed by atoms with Crippen molar-refractivity contribution in [2.45, 2.75) is 19.4 Å². The number of halogens is 1. The largest absolute Gasteiger partial charge is 0.398 e. The van der Waals surface area contributed by atoms with Crippen LogP contribution in [0.3, 0.4) is 0 Å². The Hall–Kier alpha value is -1.03. The Kier molecular flexibility index (Phi) is 4.27. The van der Waals surface area contributed by atoms with Crippen LogP contribution in [0, 0.1) is 6.92 Å². The summed E-state index contributed by atoms with van der Waals surface area (Å²) in [6, 6.07) is 8.15. The molecule has 96 valence electrons. The van der Waals surface area contributed by atoms with E-state index in [1.165, 1.54) is 10.4 Å². The lowest BCUT2D eigenvalue weighted by molar-refractivity contribution is 0.600. The van der Waals surface area contributed by atoms with Crippen LogP contribution < -0.4 is 11.1 Å². The molecule has 0 spiro atoms. The zero-order chi connectivity index (χ0) is 13.1. The van der Waals surface area contributed by atoms with Gasteiger partial charge >= 0.3 is 0 Å². The van der Waals surface area contributed by atoms with Crippen LogP contribution in [-0.2, 0) is 6.42 Å². The maximum Gasteiger partial charge on any atom is 0.0456 e. The second-order valence-electron chi connectivity index (χ2n) is 4.36. The second-order valence-corrected chi connectivity index (χ2v) is 5.74. The number of rotatable bonds is 4. The third kappa shape index (κ3) is 2.86. The molecule has 0 aliphatic carbocycles. The number of nitrogen functional groups attached to an aromatic ring is 1. The number of benzene rings is 1. The van der Waals surface area contributed by atoms with E-state index in [-0.39, 0.29) is 0 Å². The predicted molar refractivity (Wildman–Crippen MR) is 80.4 cm³/mol. The van der Waals surface area contributed by atoms with E-state index in [9.17, 15) is 0 Å². The maximum absolute atomic E-state index is 6.01. The van der Waals surface area contributed by atoms with E-state index >= 15 is 0 Å². The Morgan fingerprint density at radius 3 is 2.72 bits per heavy atom.